The third kappa shape index (κ3) is 3.34. The lowest BCUT2D eigenvalue weighted by atomic mass is 11.1. The third-order valence-electron chi connectivity index (χ3n) is 1.08. The average Bonchev–Trinajstić information content (AvgIpc) is 2.07. The Balaban J connectivity index is 4.45. The van der Waals surface area contributed by atoms with Crippen LogP contribution in [0.1, 0.15) is 0 Å². The average molecular weight is 188 g/mol. The lowest BCUT2D eigenvalue weighted by Crippen LogP contribution is -2.32. The van der Waals surface area contributed by atoms with Crippen molar-refractivity contribution in [1.29, 1.82) is 0 Å². The minimum Gasteiger partial charge on any atom is -0.398 e. The summed E-state index contributed by atoms with van der Waals surface area (Å²) in [6.45, 7) is 0. The van der Waals surface area contributed by atoms with Crippen LogP contribution in [0.4, 0.5) is 0 Å². The van der Waals surface area contributed by atoms with Crippen molar-refractivity contribution < 1.29 is 18.4 Å². The van der Waals surface area contributed by atoms with Crippen molar-refractivity contribution in [1.82, 2.24) is 0 Å². The lowest BCUT2D eigenvalue weighted by Gasteiger charge is -2.11. The van der Waals surface area contributed by atoms with Crippen molar-refractivity contribution in [3.63, 3.8) is 0 Å². The summed E-state index contributed by atoms with van der Waals surface area (Å²) in [5, 5.41) is 0. The Bertz CT molecular complexity index is 199. The Morgan fingerprint density at radius 2 is 1.58 bits per heavy atom. The van der Waals surface area contributed by atoms with E-state index in [2.05, 4.69) is 9.98 Å². The van der Waals surface area contributed by atoms with Gasteiger partial charge < -0.3 is 8.85 Å². The highest BCUT2D eigenvalue weighted by Crippen LogP contribution is 1.99. The maximum Gasteiger partial charge on any atom is 0.371 e. The van der Waals surface area contributed by atoms with Crippen LogP contribution in [-0.2, 0) is 18.4 Å². The van der Waals surface area contributed by atoms with Gasteiger partial charge in [-0.2, -0.15) is 9.98 Å². The van der Waals surface area contributed by atoms with Crippen LogP contribution < -0.4 is 0 Å². The van der Waals surface area contributed by atoms with E-state index in [0.29, 0.717) is 0 Å². The Morgan fingerprint density at radius 1 is 1.17 bits per heavy atom. The molecule has 0 aliphatic heterocycles. The van der Waals surface area contributed by atoms with E-state index in [1.54, 1.807) is 0 Å². The molecule has 7 heteroatoms. The molecule has 0 atom stereocenters. The summed E-state index contributed by atoms with van der Waals surface area (Å²) < 4.78 is 9.68. The molecule has 0 rings (SSSR count). The van der Waals surface area contributed by atoms with Crippen LogP contribution in [0.2, 0.25) is 0 Å². The van der Waals surface area contributed by atoms with E-state index in [1.165, 1.54) is 26.4 Å². The van der Waals surface area contributed by atoms with E-state index in [1.807, 2.05) is 0 Å². The summed E-state index contributed by atoms with van der Waals surface area (Å²) >= 11 is 0. The highest BCUT2D eigenvalue weighted by molar-refractivity contribution is 6.46. The minimum atomic E-state index is -2.20. The molecule has 0 spiro atoms. The zero-order valence-corrected chi connectivity index (χ0v) is 7.84. The molecular weight excluding hydrogens is 180 g/mol. The summed E-state index contributed by atoms with van der Waals surface area (Å²) in [6.07, 6.45) is 2.56. The van der Waals surface area contributed by atoms with Gasteiger partial charge in [-0.1, -0.05) is 0 Å². The first kappa shape index (κ1) is 10.9. The van der Waals surface area contributed by atoms with Crippen molar-refractivity contribution in [2.75, 3.05) is 14.2 Å². The number of nitrogens with zero attached hydrogens (tertiary/aromatic N) is 2. The fraction of sp³-hybridized carbons (Fsp3) is 0.600. The van der Waals surface area contributed by atoms with E-state index in [0.717, 1.165) is 0 Å². The van der Waals surface area contributed by atoms with Crippen LogP contribution in [0.3, 0.4) is 0 Å². The number of hydrogen-bond donors (Lipinski definition) is 0. The highest BCUT2D eigenvalue weighted by Gasteiger charge is 2.23. The summed E-state index contributed by atoms with van der Waals surface area (Å²) in [4.78, 5) is 26.2. The molecule has 6 nitrogen and oxygen atoms in total. The van der Waals surface area contributed by atoms with Crippen LogP contribution in [0, 0.1) is 0 Å². The minimum absolute atomic E-state index is 0.894. The van der Waals surface area contributed by atoms with Gasteiger partial charge in [0, 0.05) is 14.2 Å². The molecule has 0 fully saturated rings. The van der Waals surface area contributed by atoms with E-state index in [4.69, 9.17) is 8.85 Å². The van der Waals surface area contributed by atoms with Gasteiger partial charge in [-0.3, -0.25) is 0 Å². The Hall–Kier alpha value is -1.10. The monoisotopic (exact) mass is 188 g/mol. The van der Waals surface area contributed by atoms with Gasteiger partial charge in [0.2, 0.25) is 17.9 Å². The van der Waals surface area contributed by atoms with Crippen LogP contribution in [-0.4, -0.2) is 41.5 Å². The SMILES string of the molecule is CO[SiH](OC)C(N=C=O)N=C=O. The smallest absolute Gasteiger partial charge is 0.371 e. The lowest BCUT2D eigenvalue weighted by molar-refractivity contribution is 0.267. The van der Waals surface area contributed by atoms with Crippen molar-refractivity contribution >= 4 is 21.4 Å². The third-order valence-corrected chi connectivity index (χ3v) is 2.79. The second kappa shape index (κ2) is 6.60. The highest BCUT2D eigenvalue weighted by atomic mass is 28.3. The molecule has 0 unspecified atom stereocenters. The molecule has 0 N–H and O–H groups in total. The van der Waals surface area contributed by atoms with Gasteiger partial charge >= 0.3 is 9.28 Å². The van der Waals surface area contributed by atoms with Crippen LogP contribution in [0.5, 0.6) is 0 Å². The number of aliphatic imine (C=N–C) groups is 2. The second-order valence-electron chi connectivity index (χ2n) is 1.69. The molecular formula is C5H8N2O4Si. The van der Waals surface area contributed by atoms with Crippen molar-refractivity contribution in [3.05, 3.63) is 0 Å². The van der Waals surface area contributed by atoms with Gasteiger partial charge in [0.05, 0.1) is 0 Å². The first-order valence-electron chi connectivity index (χ1n) is 2.99. The maximum atomic E-state index is 9.86. The van der Waals surface area contributed by atoms with E-state index in [-0.39, 0.29) is 0 Å². The molecule has 0 amide bonds. The van der Waals surface area contributed by atoms with E-state index < -0.39 is 15.1 Å². The largest absolute Gasteiger partial charge is 0.398 e. The van der Waals surface area contributed by atoms with E-state index >= 15 is 0 Å². The quantitative estimate of drug-likeness (QED) is 0.316. The second-order valence-corrected chi connectivity index (χ2v) is 3.97. The molecule has 0 heterocycles. The molecule has 0 bridgehead atoms. The molecule has 0 aromatic carbocycles. The molecule has 66 valence electrons. The van der Waals surface area contributed by atoms with Crippen molar-refractivity contribution in [2.45, 2.75) is 5.79 Å². The van der Waals surface area contributed by atoms with Crippen molar-refractivity contribution in [3.8, 4) is 0 Å². The molecule has 0 radical (unpaired) electrons. The predicted molar refractivity (Wildman–Crippen MR) is 41.2 cm³/mol. The Morgan fingerprint density at radius 3 is 1.83 bits per heavy atom. The van der Waals surface area contributed by atoms with Gasteiger partial charge in [-0.25, -0.2) is 9.59 Å². The summed E-state index contributed by atoms with van der Waals surface area (Å²) in [6, 6.07) is 0. The van der Waals surface area contributed by atoms with Gasteiger partial charge in [0.25, 0.3) is 0 Å². The van der Waals surface area contributed by atoms with Gasteiger partial charge in [-0.15, -0.1) is 0 Å². The molecule has 0 aromatic rings. The summed E-state index contributed by atoms with van der Waals surface area (Å²) in [5.74, 6) is -0.894. The molecule has 0 aromatic heterocycles. The molecule has 0 aliphatic rings. The number of carbonyl (C=O) groups excluding carboxylic acids is 2. The van der Waals surface area contributed by atoms with Gasteiger partial charge in [-0.05, 0) is 0 Å². The topological polar surface area (TPSA) is 77.3 Å². The van der Waals surface area contributed by atoms with Gasteiger partial charge in [0.1, 0.15) is 0 Å². The molecule has 0 saturated heterocycles. The Labute approximate surface area is 70.8 Å². The van der Waals surface area contributed by atoms with Gasteiger partial charge in [0.15, 0.2) is 0 Å². The molecule has 0 aliphatic carbocycles. The number of hydrogen-bond acceptors (Lipinski definition) is 6. The molecule has 12 heavy (non-hydrogen) atoms. The van der Waals surface area contributed by atoms with Crippen LogP contribution in [0.25, 0.3) is 0 Å². The fourth-order valence-corrected chi connectivity index (χ4v) is 1.64. The Kier molecular flexibility index (Phi) is 5.99. The zero-order valence-electron chi connectivity index (χ0n) is 6.68. The normalized spacial score (nSPS) is 11.6. The fourth-order valence-electron chi connectivity index (χ4n) is 0.598. The first-order chi connectivity index (χ1) is 5.79. The maximum absolute atomic E-state index is 9.86. The van der Waals surface area contributed by atoms with Crippen LogP contribution >= 0.6 is 0 Å². The zero-order chi connectivity index (χ0) is 9.40. The standard InChI is InChI=1S/C5H8N2O4Si/c1-10-12(11-2)5(6-3-8)7-4-9/h5,12H,1-2H3. The summed E-state index contributed by atoms with van der Waals surface area (Å²) in [5.41, 5.74) is 0. The summed E-state index contributed by atoms with van der Waals surface area (Å²) in [7, 11) is 0.593. The predicted octanol–water partition coefficient (Wildman–Crippen LogP) is -0.963. The number of isocyanates is 2. The van der Waals surface area contributed by atoms with Crippen LogP contribution in [0.15, 0.2) is 9.98 Å². The molecule has 0 saturated carbocycles. The van der Waals surface area contributed by atoms with Crippen molar-refractivity contribution in [2.24, 2.45) is 9.98 Å². The first-order valence-corrected chi connectivity index (χ1v) is 4.60. The number of rotatable bonds is 5. The van der Waals surface area contributed by atoms with E-state index in [9.17, 15) is 9.59 Å².